The van der Waals surface area contributed by atoms with E-state index < -0.39 is 6.17 Å². The van der Waals surface area contributed by atoms with Gasteiger partial charge < -0.3 is 0 Å². The van der Waals surface area contributed by atoms with E-state index in [1.807, 2.05) is 0 Å². The number of hydrogen-bond donors (Lipinski definition) is 0. The maximum absolute atomic E-state index is 12.6. The van der Waals surface area contributed by atoms with Crippen molar-refractivity contribution in [2.45, 2.75) is 19.5 Å². The second-order valence-corrected chi connectivity index (χ2v) is 3.56. The van der Waals surface area contributed by atoms with Gasteiger partial charge in [0.05, 0.1) is 0 Å². The van der Waals surface area contributed by atoms with Crippen molar-refractivity contribution in [3.8, 4) is 0 Å². The van der Waals surface area contributed by atoms with Crippen molar-refractivity contribution >= 4 is 23.2 Å². The Bertz CT molecular complexity index is 271. The number of hydrogen-bond acceptors (Lipinski definition) is 0. The van der Waals surface area contributed by atoms with Crippen LogP contribution in [0.4, 0.5) is 4.39 Å². The zero-order valence-corrected chi connectivity index (χ0v) is 8.16. The zero-order valence-electron chi connectivity index (χ0n) is 6.65. The molecular formula is C9H9Cl2F. The molecule has 0 nitrogen and oxygen atoms in total. The summed E-state index contributed by atoms with van der Waals surface area (Å²) in [4.78, 5) is 0. The van der Waals surface area contributed by atoms with Gasteiger partial charge in [0.25, 0.3) is 0 Å². The maximum atomic E-state index is 12.6. The molecule has 66 valence electrons. The Morgan fingerprint density at radius 3 is 2.58 bits per heavy atom. The van der Waals surface area contributed by atoms with Gasteiger partial charge in [-0.1, -0.05) is 29.3 Å². The molecule has 1 rings (SSSR count). The molecule has 0 bridgehead atoms. The van der Waals surface area contributed by atoms with E-state index in [2.05, 4.69) is 0 Å². The molecule has 0 heterocycles. The van der Waals surface area contributed by atoms with E-state index in [0.29, 0.717) is 16.5 Å². The number of benzene rings is 1. The van der Waals surface area contributed by atoms with Crippen LogP contribution < -0.4 is 0 Å². The van der Waals surface area contributed by atoms with Crippen LogP contribution in [-0.4, -0.2) is 6.17 Å². The molecule has 0 spiro atoms. The van der Waals surface area contributed by atoms with Gasteiger partial charge in [-0.25, -0.2) is 4.39 Å². The van der Waals surface area contributed by atoms with Gasteiger partial charge in [-0.05, 0) is 24.6 Å². The van der Waals surface area contributed by atoms with Gasteiger partial charge in [-0.15, -0.1) is 0 Å². The summed E-state index contributed by atoms with van der Waals surface area (Å²) in [7, 11) is 0. The highest BCUT2D eigenvalue weighted by molar-refractivity contribution is 6.35. The summed E-state index contributed by atoms with van der Waals surface area (Å²) in [6.07, 6.45) is -0.528. The van der Waals surface area contributed by atoms with E-state index >= 15 is 0 Å². The lowest BCUT2D eigenvalue weighted by Crippen LogP contribution is -1.98. The monoisotopic (exact) mass is 206 g/mol. The average molecular weight is 207 g/mol. The Balaban J connectivity index is 2.86. The molecular weight excluding hydrogens is 198 g/mol. The summed E-state index contributed by atoms with van der Waals surface area (Å²) in [5.74, 6) is 0. The van der Waals surface area contributed by atoms with Crippen molar-refractivity contribution in [3.05, 3.63) is 33.8 Å². The van der Waals surface area contributed by atoms with Crippen molar-refractivity contribution in [3.63, 3.8) is 0 Å². The van der Waals surface area contributed by atoms with Crippen LogP contribution in [0.15, 0.2) is 18.2 Å². The van der Waals surface area contributed by atoms with Gasteiger partial charge in [-0.2, -0.15) is 0 Å². The minimum absolute atomic E-state index is 0.343. The van der Waals surface area contributed by atoms with Gasteiger partial charge >= 0.3 is 0 Å². The molecule has 1 aromatic carbocycles. The molecule has 0 fully saturated rings. The third-order valence-electron chi connectivity index (χ3n) is 1.52. The fourth-order valence-corrected chi connectivity index (χ4v) is 1.48. The first kappa shape index (κ1) is 9.82. The fraction of sp³-hybridized carbons (Fsp3) is 0.333. The lowest BCUT2D eigenvalue weighted by molar-refractivity contribution is 0.360. The summed E-state index contributed by atoms with van der Waals surface area (Å²) in [5, 5.41) is 1.11. The summed E-state index contributed by atoms with van der Waals surface area (Å²) in [6.45, 7) is 1.50. The molecule has 0 N–H and O–H groups in total. The third-order valence-corrected chi connectivity index (χ3v) is 2.10. The first-order valence-electron chi connectivity index (χ1n) is 3.67. The molecule has 0 aromatic heterocycles. The predicted molar refractivity (Wildman–Crippen MR) is 50.7 cm³/mol. The van der Waals surface area contributed by atoms with Crippen molar-refractivity contribution in [1.29, 1.82) is 0 Å². The summed E-state index contributed by atoms with van der Waals surface area (Å²) in [5.41, 5.74) is 0.802. The van der Waals surface area contributed by atoms with E-state index in [1.165, 1.54) is 6.92 Å². The molecule has 1 unspecified atom stereocenters. The molecule has 0 saturated heterocycles. The second-order valence-electron chi connectivity index (χ2n) is 2.72. The molecule has 12 heavy (non-hydrogen) atoms. The maximum Gasteiger partial charge on any atom is 0.101 e. The van der Waals surface area contributed by atoms with E-state index in [0.717, 1.165) is 5.56 Å². The Kier molecular flexibility index (Phi) is 3.36. The van der Waals surface area contributed by atoms with Crippen LogP contribution in [0.1, 0.15) is 12.5 Å². The van der Waals surface area contributed by atoms with Gasteiger partial charge in [0.15, 0.2) is 0 Å². The Morgan fingerprint density at radius 1 is 1.42 bits per heavy atom. The molecule has 0 aliphatic carbocycles. The largest absolute Gasteiger partial charge is 0.247 e. The Morgan fingerprint density at radius 2 is 2.08 bits per heavy atom. The molecule has 0 saturated carbocycles. The molecule has 0 aliphatic heterocycles. The molecule has 0 amide bonds. The van der Waals surface area contributed by atoms with Gasteiger partial charge in [0.2, 0.25) is 0 Å². The Hall–Kier alpha value is -0.270. The standard InChI is InChI=1S/C9H9Cl2F/c1-6(12)4-7-2-3-8(10)5-9(7)11/h2-3,5-6H,4H2,1H3. The molecule has 3 heteroatoms. The SMILES string of the molecule is CC(F)Cc1ccc(Cl)cc1Cl. The van der Waals surface area contributed by atoms with Crippen LogP contribution >= 0.6 is 23.2 Å². The highest BCUT2D eigenvalue weighted by atomic mass is 35.5. The van der Waals surface area contributed by atoms with E-state index in [-0.39, 0.29) is 0 Å². The third kappa shape index (κ3) is 2.65. The minimum atomic E-state index is -0.872. The van der Waals surface area contributed by atoms with Gasteiger partial charge in [-0.3, -0.25) is 0 Å². The van der Waals surface area contributed by atoms with E-state index in [1.54, 1.807) is 18.2 Å². The van der Waals surface area contributed by atoms with Crippen molar-refractivity contribution < 1.29 is 4.39 Å². The van der Waals surface area contributed by atoms with Gasteiger partial charge in [0, 0.05) is 16.5 Å². The van der Waals surface area contributed by atoms with Crippen molar-refractivity contribution in [2.24, 2.45) is 0 Å². The Labute approximate surface area is 81.3 Å². The number of alkyl halides is 1. The van der Waals surface area contributed by atoms with Crippen LogP contribution in [0, 0.1) is 0 Å². The topological polar surface area (TPSA) is 0 Å². The fourth-order valence-electron chi connectivity index (χ4n) is 0.990. The van der Waals surface area contributed by atoms with Crippen LogP contribution in [-0.2, 0) is 6.42 Å². The molecule has 0 radical (unpaired) electrons. The van der Waals surface area contributed by atoms with Crippen molar-refractivity contribution in [1.82, 2.24) is 0 Å². The predicted octanol–water partition coefficient (Wildman–Crippen LogP) is 3.89. The second kappa shape index (κ2) is 4.11. The highest BCUT2D eigenvalue weighted by Crippen LogP contribution is 2.22. The zero-order chi connectivity index (χ0) is 9.14. The minimum Gasteiger partial charge on any atom is -0.247 e. The number of halogens is 3. The lowest BCUT2D eigenvalue weighted by atomic mass is 10.1. The van der Waals surface area contributed by atoms with Crippen LogP contribution in [0.2, 0.25) is 10.0 Å². The van der Waals surface area contributed by atoms with E-state index in [9.17, 15) is 4.39 Å². The van der Waals surface area contributed by atoms with Gasteiger partial charge in [0.1, 0.15) is 6.17 Å². The summed E-state index contributed by atoms with van der Waals surface area (Å²) in [6, 6.07) is 5.09. The highest BCUT2D eigenvalue weighted by Gasteiger charge is 2.05. The first-order chi connectivity index (χ1) is 5.59. The first-order valence-corrected chi connectivity index (χ1v) is 4.43. The lowest BCUT2D eigenvalue weighted by Gasteiger charge is -2.04. The smallest absolute Gasteiger partial charge is 0.101 e. The summed E-state index contributed by atoms with van der Waals surface area (Å²) < 4.78 is 12.6. The quantitative estimate of drug-likeness (QED) is 0.689. The van der Waals surface area contributed by atoms with Crippen LogP contribution in [0.3, 0.4) is 0 Å². The van der Waals surface area contributed by atoms with Crippen LogP contribution in [0.25, 0.3) is 0 Å². The molecule has 1 atom stereocenters. The van der Waals surface area contributed by atoms with Crippen molar-refractivity contribution in [2.75, 3.05) is 0 Å². The average Bonchev–Trinajstić information content (AvgIpc) is 1.94. The van der Waals surface area contributed by atoms with Crippen LogP contribution in [0.5, 0.6) is 0 Å². The number of rotatable bonds is 2. The molecule has 1 aromatic rings. The normalized spacial score (nSPS) is 13.0. The summed E-state index contributed by atoms with van der Waals surface area (Å²) >= 11 is 11.5. The van der Waals surface area contributed by atoms with E-state index in [4.69, 9.17) is 23.2 Å². The molecule has 0 aliphatic rings.